The van der Waals surface area contributed by atoms with Crippen molar-refractivity contribution in [1.29, 1.82) is 0 Å². The van der Waals surface area contributed by atoms with Crippen molar-refractivity contribution in [1.82, 2.24) is 0 Å². The Morgan fingerprint density at radius 1 is 0.875 bits per heavy atom. The molecule has 2 aliphatic heterocycles. The van der Waals surface area contributed by atoms with Crippen molar-refractivity contribution in [2.45, 2.75) is 180 Å². The SMILES string of the molecule is CC(=O)OC1C(OC2CCC3(C)C(CCC4(C)C3C(O)CC3C(C5(C)CCC(C(C)(C)O)O5)CCC34C)C2(C)C)OC(CO)C(O)C1O. The molecule has 0 aromatic heterocycles. The Bertz CT molecular complexity index is 1220. The van der Waals surface area contributed by atoms with E-state index in [-0.39, 0.29) is 51.3 Å². The number of rotatable bonds is 6. The zero-order chi connectivity index (χ0) is 35.4. The van der Waals surface area contributed by atoms with Crippen LogP contribution in [0.15, 0.2) is 0 Å². The third-order valence-electron chi connectivity index (χ3n) is 15.6. The van der Waals surface area contributed by atoms with Crippen LogP contribution in [0.4, 0.5) is 0 Å². The molecule has 6 aliphatic rings. The number of esters is 1. The summed E-state index contributed by atoms with van der Waals surface area (Å²) in [5.41, 5.74) is -1.69. The molecule has 10 heteroatoms. The summed E-state index contributed by atoms with van der Waals surface area (Å²) in [4.78, 5) is 12.0. The minimum Gasteiger partial charge on any atom is -0.454 e. The highest BCUT2D eigenvalue weighted by atomic mass is 16.7. The molecule has 10 nitrogen and oxygen atoms in total. The molecule has 4 saturated carbocycles. The fourth-order valence-electron chi connectivity index (χ4n) is 13.0. The van der Waals surface area contributed by atoms with Gasteiger partial charge in [0, 0.05) is 6.92 Å². The molecule has 276 valence electrons. The predicted octanol–water partition coefficient (Wildman–Crippen LogP) is 4.11. The number of hydrogen-bond donors (Lipinski definition) is 5. The summed E-state index contributed by atoms with van der Waals surface area (Å²) in [6.45, 7) is 18.5. The Balaban J connectivity index is 1.24. The summed E-state index contributed by atoms with van der Waals surface area (Å²) < 4.78 is 24.7. The number of fused-ring (bicyclic) bond motifs is 5. The highest BCUT2D eigenvalue weighted by Gasteiger charge is 2.72. The molecule has 0 aromatic carbocycles. The highest BCUT2D eigenvalue weighted by molar-refractivity contribution is 5.66. The van der Waals surface area contributed by atoms with Crippen LogP contribution in [-0.2, 0) is 23.7 Å². The lowest BCUT2D eigenvalue weighted by atomic mass is 9.35. The van der Waals surface area contributed by atoms with Crippen molar-refractivity contribution in [2.24, 2.45) is 45.3 Å². The molecular weight excluding hydrogens is 616 g/mol. The maximum absolute atomic E-state index is 12.3. The van der Waals surface area contributed by atoms with E-state index in [4.69, 9.17) is 18.9 Å². The average molecular weight is 681 g/mol. The minimum atomic E-state index is -1.46. The van der Waals surface area contributed by atoms with Gasteiger partial charge < -0.3 is 44.5 Å². The molecule has 0 radical (unpaired) electrons. The lowest BCUT2D eigenvalue weighted by Crippen LogP contribution is -2.68. The number of aliphatic hydroxyl groups excluding tert-OH is 4. The zero-order valence-electron chi connectivity index (χ0n) is 30.8. The van der Waals surface area contributed by atoms with Crippen LogP contribution in [0.1, 0.15) is 120 Å². The van der Waals surface area contributed by atoms with Gasteiger partial charge in [-0.25, -0.2) is 0 Å². The minimum absolute atomic E-state index is 0.0513. The van der Waals surface area contributed by atoms with E-state index < -0.39 is 55.0 Å². The molecule has 0 amide bonds. The van der Waals surface area contributed by atoms with Crippen LogP contribution in [0.5, 0.6) is 0 Å². The van der Waals surface area contributed by atoms with Gasteiger partial charge in [0.25, 0.3) is 0 Å². The van der Waals surface area contributed by atoms with Crippen molar-refractivity contribution in [3.05, 3.63) is 0 Å². The van der Waals surface area contributed by atoms with E-state index in [9.17, 15) is 30.3 Å². The second-order valence-electron chi connectivity index (χ2n) is 18.8. The quantitative estimate of drug-likeness (QED) is 0.205. The van der Waals surface area contributed by atoms with Crippen LogP contribution in [0.2, 0.25) is 0 Å². The first-order chi connectivity index (χ1) is 22.1. The number of carbonyl (C=O) groups is 1. The molecule has 4 aliphatic carbocycles. The van der Waals surface area contributed by atoms with Gasteiger partial charge in [-0.05, 0) is 124 Å². The molecule has 0 spiro atoms. The molecule has 2 saturated heterocycles. The second kappa shape index (κ2) is 12.1. The van der Waals surface area contributed by atoms with E-state index in [1.807, 2.05) is 13.8 Å². The third-order valence-corrected chi connectivity index (χ3v) is 15.6. The monoisotopic (exact) mass is 680 g/mol. The molecular formula is C38H64O10. The maximum Gasteiger partial charge on any atom is 0.303 e. The average Bonchev–Trinajstić information content (AvgIpc) is 3.55. The number of carbonyl (C=O) groups excluding carboxylic acids is 1. The van der Waals surface area contributed by atoms with Crippen molar-refractivity contribution in [3.8, 4) is 0 Å². The Morgan fingerprint density at radius 3 is 2.15 bits per heavy atom. The van der Waals surface area contributed by atoms with Gasteiger partial charge in [0.2, 0.25) is 0 Å². The molecule has 6 fully saturated rings. The van der Waals surface area contributed by atoms with Crippen molar-refractivity contribution < 1.29 is 49.3 Å². The van der Waals surface area contributed by atoms with E-state index in [0.29, 0.717) is 18.3 Å². The smallest absolute Gasteiger partial charge is 0.303 e. The van der Waals surface area contributed by atoms with E-state index in [1.54, 1.807) is 0 Å². The standard InChI is InChI=1S/C38H64O10/c1-20(40)45-30-29(43)28(42)24(19-39)46-32(30)47-26-12-14-35(6)25(33(26,2)3)11-16-37(8)31(35)23(41)18-22-21(10-15-36(22,37)7)38(9)17-13-27(48-38)34(4,5)44/h21-32,39,41-44H,10-19H2,1-9H3. The van der Waals surface area contributed by atoms with Gasteiger partial charge in [0.05, 0.1) is 36.1 Å². The van der Waals surface area contributed by atoms with Gasteiger partial charge in [-0.3, -0.25) is 4.79 Å². The maximum atomic E-state index is 12.3. The Hall–Kier alpha value is -0.850. The first kappa shape index (κ1) is 36.9. The highest BCUT2D eigenvalue weighted by Crippen LogP contribution is 2.76. The van der Waals surface area contributed by atoms with E-state index >= 15 is 0 Å². The van der Waals surface area contributed by atoms with Crippen LogP contribution in [0.3, 0.4) is 0 Å². The number of ether oxygens (including phenoxy) is 4. The second-order valence-corrected chi connectivity index (χ2v) is 18.8. The Labute approximate surface area is 287 Å². The van der Waals surface area contributed by atoms with E-state index in [1.165, 1.54) is 6.92 Å². The fraction of sp³-hybridized carbons (Fsp3) is 0.974. The molecule has 6 rings (SSSR count). The van der Waals surface area contributed by atoms with Crippen LogP contribution < -0.4 is 0 Å². The van der Waals surface area contributed by atoms with Crippen molar-refractivity contribution >= 4 is 5.97 Å². The topological polar surface area (TPSA) is 155 Å². The summed E-state index contributed by atoms with van der Waals surface area (Å²) in [6.07, 6.45) is 1.05. The largest absolute Gasteiger partial charge is 0.454 e. The zero-order valence-corrected chi connectivity index (χ0v) is 30.8. The van der Waals surface area contributed by atoms with E-state index in [0.717, 1.165) is 51.4 Å². The van der Waals surface area contributed by atoms with Crippen molar-refractivity contribution in [3.63, 3.8) is 0 Å². The van der Waals surface area contributed by atoms with Crippen LogP contribution in [-0.4, -0.2) is 98.3 Å². The molecule has 2 heterocycles. The number of aliphatic hydroxyl groups is 5. The van der Waals surface area contributed by atoms with Gasteiger partial charge >= 0.3 is 5.97 Å². The first-order valence-corrected chi connectivity index (χ1v) is 18.7. The van der Waals surface area contributed by atoms with Crippen LogP contribution in [0.25, 0.3) is 0 Å². The Kier molecular flexibility index (Phi) is 9.31. The summed E-state index contributed by atoms with van der Waals surface area (Å²) in [5, 5.41) is 54.3. The summed E-state index contributed by atoms with van der Waals surface area (Å²) >= 11 is 0. The van der Waals surface area contributed by atoms with Gasteiger partial charge in [0.15, 0.2) is 12.4 Å². The van der Waals surface area contributed by atoms with Gasteiger partial charge in [-0.1, -0.05) is 34.6 Å². The molecule has 16 atom stereocenters. The fourth-order valence-corrected chi connectivity index (χ4v) is 13.0. The lowest BCUT2D eigenvalue weighted by Gasteiger charge is -2.71. The summed E-state index contributed by atoms with van der Waals surface area (Å²) in [5.74, 6) is 0.407. The molecule has 5 N–H and O–H groups in total. The van der Waals surface area contributed by atoms with Gasteiger partial charge in [-0.2, -0.15) is 0 Å². The molecule has 0 aromatic rings. The van der Waals surface area contributed by atoms with Crippen LogP contribution >= 0.6 is 0 Å². The van der Waals surface area contributed by atoms with E-state index in [2.05, 4.69) is 41.5 Å². The van der Waals surface area contributed by atoms with Crippen molar-refractivity contribution in [2.75, 3.05) is 6.61 Å². The normalized spacial score (nSPS) is 53.5. The molecule has 0 bridgehead atoms. The number of hydrogen-bond acceptors (Lipinski definition) is 10. The summed E-state index contributed by atoms with van der Waals surface area (Å²) in [7, 11) is 0. The lowest BCUT2D eigenvalue weighted by molar-refractivity contribution is -0.334. The molecule has 16 unspecified atom stereocenters. The van der Waals surface area contributed by atoms with Crippen LogP contribution in [0, 0.1) is 45.3 Å². The summed E-state index contributed by atoms with van der Waals surface area (Å²) in [6, 6.07) is 0. The van der Waals surface area contributed by atoms with Gasteiger partial charge in [-0.15, -0.1) is 0 Å². The third kappa shape index (κ3) is 5.44. The first-order valence-electron chi connectivity index (χ1n) is 18.7. The molecule has 48 heavy (non-hydrogen) atoms. The predicted molar refractivity (Wildman–Crippen MR) is 177 cm³/mol. The Morgan fingerprint density at radius 2 is 1.54 bits per heavy atom. The van der Waals surface area contributed by atoms with Gasteiger partial charge in [0.1, 0.15) is 18.3 Å².